The lowest BCUT2D eigenvalue weighted by Gasteiger charge is -2.46. The van der Waals surface area contributed by atoms with Gasteiger partial charge >= 0.3 is 0 Å². The summed E-state index contributed by atoms with van der Waals surface area (Å²) in [5.41, 5.74) is 6.71. The van der Waals surface area contributed by atoms with Gasteiger partial charge in [0.15, 0.2) is 0 Å². The molecular formula is C13H28N2. The van der Waals surface area contributed by atoms with E-state index in [1.54, 1.807) is 0 Å². The van der Waals surface area contributed by atoms with E-state index in [9.17, 15) is 0 Å². The van der Waals surface area contributed by atoms with Crippen molar-refractivity contribution in [3.63, 3.8) is 0 Å². The van der Waals surface area contributed by atoms with Crippen LogP contribution in [0.3, 0.4) is 0 Å². The summed E-state index contributed by atoms with van der Waals surface area (Å²) in [6.45, 7) is 14.6. The Labute approximate surface area is 95.2 Å². The Kier molecular flexibility index (Phi) is 3.83. The van der Waals surface area contributed by atoms with Crippen LogP contribution < -0.4 is 5.73 Å². The molecule has 90 valence electrons. The molecule has 1 fully saturated rings. The summed E-state index contributed by atoms with van der Waals surface area (Å²) in [7, 11) is 0. The Morgan fingerprint density at radius 2 is 1.93 bits per heavy atom. The zero-order valence-electron chi connectivity index (χ0n) is 11.1. The zero-order valence-corrected chi connectivity index (χ0v) is 11.1. The van der Waals surface area contributed by atoms with E-state index in [2.05, 4.69) is 39.5 Å². The minimum absolute atomic E-state index is 0.200. The molecule has 0 heterocycles. The van der Waals surface area contributed by atoms with Gasteiger partial charge in [-0.25, -0.2) is 0 Å². The highest BCUT2D eigenvalue weighted by atomic mass is 15.2. The Bertz CT molecular complexity index is 209. The van der Waals surface area contributed by atoms with Crippen LogP contribution in [0.4, 0.5) is 0 Å². The molecule has 0 saturated heterocycles. The number of nitrogens with zero attached hydrogens (tertiary/aromatic N) is 1. The maximum absolute atomic E-state index is 6.04. The van der Waals surface area contributed by atoms with Gasteiger partial charge in [-0.2, -0.15) is 0 Å². The van der Waals surface area contributed by atoms with Crippen LogP contribution in [0.2, 0.25) is 0 Å². The van der Waals surface area contributed by atoms with E-state index in [4.69, 9.17) is 5.73 Å². The lowest BCUT2D eigenvalue weighted by molar-refractivity contribution is 0.0422. The minimum atomic E-state index is 0.200. The van der Waals surface area contributed by atoms with Gasteiger partial charge in [-0.1, -0.05) is 27.7 Å². The van der Waals surface area contributed by atoms with Crippen LogP contribution in [0.25, 0.3) is 0 Å². The first-order valence-corrected chi connectivity index (χ1v) is 6.35. The van der Waals surface area contributed by atoms with Gasteiger partial charge in [0, 0.05) is 18.6 Å². The van der Waals surface area contributed by atoms with Crippen molar-refractivity contribution in [1.29, 1.82) is 0 Å². The molecule has 0 amide bonds. The first kappa shape index (κ1) is 13.0. The number of hydrogen-bond donors (Lipinski definition) is 1. The van der Waals surface area contributed by atoms with Crippen molar-refractivity contribution in [3.05, 3.63) is 0 Å². The number of likely N-dealkylation sites (N-methyl/N-ethyl adjacent to an activating group) is 1. The van der Waals surface area contributed by atoms with Gasteiger partial charge in [-0.3, -0.25) is 4.90 Å². The summed E-state index contributed by atoms with van der Waals surface area (Å²) in [6.07, 6.45) is 2.69. The highest BCUT2D eigenvalue weighted by molar-refractivity contribution is 5.09. The Morgan fingerprint density at radius 1 is 1.40 bits per heavy atom. The van der Waals surface area contributed by atoms with Crippen molar-refractivity contribution < 1.29 is 0 Å². The lowest BCUT2D eigenvalue weighted by Crippen LogP contribution is -2.57. The van der Waals surface area contributed by atoms with E-state index in [-0.39, 0.29) is 5.54 Å². The van der Waals surface area contributed by atoms with Crippen LogP contribution in [0.1, 0.15) is 47.5 Å². The van der Waals surface area contributed by atoms with Crippen LogP contribution >= 0.6 is 0 Å². The smallest absolute Gasteiger partial charge is 0.0357 e. The number of nitrogens with two attached hydrogens (primary N) is 1. The Morgan fingerprint density at radius 3 is 2.20 bits per heavy atom. The first-order chi connectivity index (χ1) is 6.89. The third-order valence-electron chi connectivity index (χ3n) is 4.36. The molecule has 15 heavy (non-hydrogen) atoms. The molecule has 1 aliphatic rings. The van der Waals surface area contributed by atoms with Crippen molar-refractivity contribution in [1.82, 2.24) is 4.90 Å². The summed E-state index contributed by atoms with van der Waals surface area (Å²) in [6, 6.07) is 0. The summed E-state index contributed by atoms with van der Waals surface area (Å²) in [5, 5.41) is 0. The molecule has 1 aliphatic carbocycles. The largest absolute Gasteiger partial charge is 0.329 e. The highest BCUT2D eigenvalue weighted by Gasteiger charge is 2.54. The second kappa shape index (κ2) is 4.42. The molecule has 0 aromatic heterocycles. The van der Waals surface area contributed by atoms with Crippen molar-refractivity contribution in [3.8, 4) is 0 Å². The molecule has 0 aromatic carbocycles. The van der Waals surface area contributed by atoms with E-state index in [0.717, 1.165) is 19.0 Å². The lowest BCUT2D eigenvalue weighted by atomic mass is 9.81. The summed E-state index contributed by atoms with van der Waals surface area (Å²) < 4.78 is 0. The van der Waals surface area contributed by atoms with Gasteiger partial charge in [0.25, 0.3) is 0 Å². The highest BCUT2D eigenvalue weighted by Crippen LogP contribution is 2.55. The van der Waals surface area contributed by atoms with Crippen molar-refractivity contribution >= 4 is 0 Å². The van der Waals surface area contributed by atoms with Crippen molar-refractivity contribution in [2.24, 2.45) is 17.1 Å². The maximum atomic E-state index is 6.04. The molecule has 1 atom stereocenters. The van der Waals surface area contributed by atoms with Gasteiger partial charge in [0.1, 0.15) is 0 Å². The summed E-state index contributed by atoms with van der Waals surface area (Å²) in [4.78, 5) is 2.59. The average molecular weight is 212 g/mol. The predicted octanol–water partition coefficient (Wildman–Crippen LogP) is 2.48. The molecule has 0 bridgehead atoms. The SMILES string of the molecule is CCN(CC(C)C)C(C)(CN)C1(C)CC1. The van der Waals surface area contributed by atoms with Crippen molar-refractivity contribution in [2.75, 3.05) is 19.6 Å². The molecule has 2 N–H and O–H groups in total. The van der Waals surface area contributed by atoms with Gasteiger partial charge < -0.3 is 5.73 Å². The molecule has 0 aliphatic heterocycles. The third-order valence-corrected chi connectivity index (χ3v) is 4.36. The van der Waals surface area contributed by atoms with E-state index >= 15 is 0 Å². The fourth-order valence-electron chi connectivity index (χ4n) is 2.60. The second-order valence-corrected chi connectivity index (χ2v) is 5.97. The van der Waals surface area contributed by atoms with Crippen LogP contribution in [-0.2, 0) is 0 Å². The second-order valence-electron chi connectivity index (χ2n) is 5.97. The van der Waals surface area contributed by atoms with E-state index < -0.39 is 0 Å². The first-order valence-electron chi connectivity index (χ1n) is 6.35. The van der Waals surface area contributed by atoms with Crippen molar-refractivity contribution in [2.45, 2.75) is 53.0 Å². The molecular weight excluding hydrogens is 184 g/mol. The summed E-state index contributed by atoms with van der Waals surface area (Å²) >= 11 is 0. The topological polar surface area (TPSA) is 29.3 Å². The fraction of sp³-hybridized carbons (Fsp3) is 1.00. The van der Waals surface area contributed by atoms with E-state index in [0.29, 0.717) is 5.41 Å². The van der Waals surface area contributed by atoms with Gasteiger partial charge in [0.2, 0.25) is 0 Å². The molecule has 0 aromatic rings. The van der Waals surface area contributed by atoms with Crippen LogP contribution in [0.15, 0.2) is 0 Å². The van der Waals surface area contributed by atoms with E-state index in [1.165, 1.54) is 19.4 Å². The van der Waals surface area contributed by atoms with Crippen LogP contribution in [-0.4, -0.2) is 30.1 Å². The van der Waals surface area contributed by atoms with Gasteiger partial charge in [0.05, 0.1) is 0 Å². The molecule has 1 saturated carbocycles. The summed E-state index contributed by atoms with van der Waals surface area (Å²) in [5.74, 6) is 0.721. The normalized spacial score (nSPS) is 23.2. The zero-order chi connectivity index (χ0) is 11.7. The molecule has 0 spiro atoms. The average Bonchev–Trinajstić information content (AvgIpc) is 2.92. The van der Waals surface area contributed by atoms with Crippen LogP contribution in [0, 0.1) is 11.3 Å². The third kappa shape index (κ3) is 2.36. The monoisotopic (exact) mass is 212 g/mol. The van der Waals surface area contributed by atoms with Gasteiger partial charge in [-0.05, 0) is 37.6 Å². The standard InChI is InChI=1S/C13H28N2/c1-6-15(9-11(2)3)13(5,10-14)12(4)7-8-12/h11H,6-10,14H2,1-5H3. The fourth-order valence-corrected chi connectivity index (χ4v) is 2.60. The molecule has 0 radical (unpaired) electrons. The Hall–Kier alpha value is -0.0800. The van der Waals surface area contributed by atoms with E-state index in [1.807, 2.05) is 0 Å². The molecule has 2 heteroatoms. The van der Waals surface area contributed by atoms with Crippen LogP contribution in [0.5, 0.6) is 0 Å². The molecule has 2 nitrogen and oxygen atoms in total. The molecule has 1 unspecified atom stereocenters. The minimum Gasteiger partial charge on any atom is -0.329 e. The number of hydrogen-bond acceptors (Lipinski definition) is 2. The quantitative estimate of drug-likeness (QED) is 0.733. The predicted molar refractivity (Wildman–Crippen MR) is 66.9 cm³/mol. The molecule has 1 rings (SSSR count). The number of rotatable bonds is 6. The Balaban J connectivity index is 2.78. The van der Waals surface area contributed by atoms with Gasteiger partial charge in [-0.15, -0.1) is 0 Å². The maximum Gasteiger partial charge on any atom is 0.0357 e.